The average Bonchev–Trinajstić information content (AvgIpc) is 2.41. The van der Waals surface area contributed by atoms with Gasteiger partial charge in [-0.15, -0.1) is 0 Å². The molecule has 1 N–H and O–H groups in total. The van der Waals surface area contributed by atoms with Gasteiger partial charge >= 0.3 is 5.51 Å². The fourth-order valence-corrected chi connectivity index (χ4v) is 3.37. The number of hydrogen-bond donors (Lipinski definition) is 1. The standard InChI is InChI=1S/C14H18F3NO2S/c1-10-4-2-3-5-13(10)18-11-6-8-12(9-7-11)21(19,20)14(15,16)17/h6-10,13,18H,2-5H2,1H3. The van der Waals surface area contributed by atoms with Gasteiger partial charge in [0.25, 0.3) is 9.84 Å². The first-order valence-electron chi connectivity index (χ1n) is 6.90. The first-order chi connectivity index (χ1) is 9.72. The number of sulfone groups is 1. The summed E-state index contributed by atoms with van der Waals surface area (Å²) in [5.41, 5.74) is -4.62. The molecule has 1 fully saturated rings. The maximum Gasteiger partial charge on any atom is 0.501 e. The summed E-state index contributed by atoms with van der Waals surface area (Å²) < 4.78 is 59.8. The molecular formula is C14H18F3NO2S. The highest BCUT2D eigenvalue weighted by Crippen LogP contribution is 2.31. The molecule has 1 aromatic rings. The van der Waals surface area contributed by atoms with E-state index in [1.807, 2.05) is 0 Å². The van der Waals surface area contributed by atoms with Crippen molar-refractivity contribution in [1.82, 2.24) is 0 Å². The van der Waals surface area contributed by atoms with Crippen LogP contribution in [0.2, 0.25) is 0 Å². The average molecular weight is 321 g/mol. The summed E-state index contributed by atoms with van der Waals surface area (Å²) >= 11 is 0. The minimum absolute atomic E-state index is 0.281. The second-order valence-corrected chi connectivity index (χ2v) is 7.43. The molecule has 0 saturated heterocycles. The van der Waals surface area contributed by atoms with Crippen molar-refractivity contribution in [2.75, 3.05) is 5.32 Å². The van der Waals surface area contributed by atoms with Crippen molar-refractivity contribution in [3.8, 4) is 0 Å². The minimum Gasteiger partial charge on any atom is -0.382 e. The van der Waals surface area contributed by atoms with Crippen molar-refractivity contribution in [2.45, 2.75) is 49.1 Å². The lowest BCUT2D eigenvalue weighted by Gasteiger charge is -2.30. The van der Waals surface area contributed by atoms with E-state index in [1.54, 1.807) is 0 Å². The van der Waals surface area contributed by atoms with Crippen LogP contribution in [0.4, 0.5) is 18.9 Å². The molecule has 2 unspecified atom stereocenters. The van der Waals surface area contributed by atoms with Crippen molar-refractivity contribution in [3.05, 3.63) is 24.3 Å². The molecule has 0 radical (unpaired) electrons. The Morgan fingerprint density at radius 3 is 2.19 bits per heavy atom. The topological polar surface area (TPSA) is 46.2 Å². The second-order valence-electron chi connectivity index (χ2n) is 5.49. The van der Waals surface area contributed by atoms with Crippen LogP contribution >= 0.6 is 0 Å². The Bertz CT molecular complexity index is 581. The van der Waals surface area contributed by atoms with Crippen LogP contribution in [0, 0.1) is 5.92 Å². The van der Waals surface area contributed by atoms with E-state index < -0.39 is 20.2 Å². The predicted octanol–water partition coefficient (Wildman–Crippen LogP) is 3.97. The summed E-state index contributed by atoms with van der Waals surface area (Å²) in [5.74, 6) is 0.498. The van der Waals surface area contributed by atoms with Gasteiger partial charge in [-0.3, -0.25) is 0 Å². The fourth-order valence-electron chi connectivity index (χ4n) is 2.61. The SMILES string of the molecule is CC1CCCCC1Nc1ccc(S(=O)(=O)C(F)(F)F)cc1. The molecule has 0 spiro atoms. The third kappa shape index (κ3) is 3.51. The molecule has 1 aliphatic carbocycles. The van der Waals surface area contributed by atoms with Crippen molar-refractivity contribution >= 4 is 15.5 Å². The van der Waals surface area contributed by atoms with Gasteiger partial charge < -0.3 is 5.32 Å². The lowest BCUT2D eigenvalue weighted by molar-refractivity contribution is -0.0436. The molecule has 21 heavy (non-hydrogen) atoms. The molecule has 3 nitrogen and oxygen atoms in total. The van der Waals surface area contributed by atoms with E-state index in [4.69, 9.17) is 0 Å². The lowest BCUT2D eigenvalue weighted by atomic mass is 9.86. The normalized spacial score (nSPS) is 23.8. The van der Waals surface area contributed by atoms with E-state index in [0.29, 0.717) is 11.6 Å². The van der Waals surface area contributed by atoms with Gasteiger partial charge in [-0.05, 0) is 43.0 Å². The zero-order chi connectivity index (χ0) is 15.7. The Hall–Kier alpha value is -1.24. The number of anilines is 1. The third-order valence-electron chi connectivity index (χ3n) is 3.93. The molecule has 0 bridgehead atoms. The monoisotopic (exact) mass is 321 g/mol. The van der Waals surface area contributed by atoms with Crippen molar-refractivity contribution in [1.29, 1.82) is 0 Å². The zero-order valence-corrected chi connectivity index (χ0v) is 12.5. The molecular weight excluding hydrogens is 303 g/mol. The highest BCUT2D eigenvalue weighted by atomic mass is 32.2. The largest absolute Gasteiger partial charge is 0.501 e. The molecule has 118 valence electrons. The molecule has 1 aliphatic rings. The van der Waals surface area contributed by atoms with Gasteiger partial charge in [0.15, 0.2) is 0 Å². The first-order valence-corrected chi connectivity index (χ1v) is 8.38. The summed E-state index contributed by atoms with van der Waals surface area (Å²) in [7, 11) is -5.26. The lowest BCUT2D eigenvalue weighted by Crippen LogP contribution is -2.30. The second kappa shape index (κ2) is 5.87. The number of halogens is 3. The number of alkyl halides is 3. The molecule has 0 heterocycles. The van der Waals surface area contributed by atoms with Gasteiger partial charge in [-0.2, -0.15) is 13.2 Å². The van der Waals surface area contributed by atoms with Crippen molar-refractivity contribution in [2.24, 2.45) is 5.92 Å². The van der Waals surface area contributed by atoms with E-state index in [-0.39, 0.29) is 6.04 Å². The van der Waals surface area contributed by atoms with Gasteiger partial charge in [0, 0.05) is 11.7 Å². The van der Waals surface area contributed by atoms with Crippen LogP contribution in [0.3, 0.4) is 0 Å². The predicted molar refractivity (Wildman–Crippen MR) is 74.7 cm³/mol. The third-order valence-corrected chi connectivity index (χ3v) is 5.44. The van der Waals surface area contributed by atoms with E-state index >= 15 is 0 Å². The molecule has 0 aromatic heterocycles. The highest BCUT2D eigenvalue weighted by molar-refractivity contribution is 7.92. The number of rotatable bonds is 3. The van der Waals surface area contributed by atoms with E-state index in [0.717, 1.165) is 31.4 Å². The van der Waals surface area contributed by atoms with E-state index in [1.165, 1.54) is 18.6 Å². The Labute approximate surface area is 122 Å². The number of benzene rings is 1. The molecule has 0 aliphatic heterocycles. The Morgan fingerprint density at radius 2 is 1.67 bits per heavy atom. The molecule has 2 rings (SSSR count). The van der Waals surface area contributed by atoms with Crippen LogP contribution in [0.5, 0.6) is 0 Å². The summed E-state index contributed by atoms with van der Waals surface area (Å²) in [6, 6.07) is 5.06. The molecule has 7 heteroatoms. The summed E-state index contributed by atoms with van der Waals surface area (Å²) in [6.07, 6.45) is 4.46. The van der Waals surface area contributed by atoms with Crippen LogP contribution in [-0.2, 0) is 9.84 Å². The van der Waals surface area contributed by atoms with Gasteiger partial charge in [-0.1, -0.05) is 19.8 Å². The summed E-state index contributed by atoms with van der Waals surface area (Å²) in [5, 5.41) is 3.27. The first kappa shape index (κ1) is 16.1. The van der Waals surface area contributed by atoms with Gasteiger partial charge in [-0.25, -0.2) is 8.42 Å². The van der Waals surface area contributed by atoms with Gasteiger partial charge in [0.2, 0.25) is 0 Å². The van der Waals surface area contributed by atoms with Crippen LogP contribution < -0.4 is 5.32 Å². The Balaban J connectivity index is 2.13. The zero-order valence-electron chi connectivity index (χ0n) is 11.7. The smallest absolute Gasteiger partial charge is 0.382 e. The number of nitrogens with one attached hydrogen (secondary N) is 1. The Kier molecular flexibility index (Phi) is 4.51. The minimum atomic E-state index is -5.26. The highest BCUT2D eigenvalue weighted by Gasteiger charge is 2.46. The van der Waals surface area contributed by atoms with E-state index in [9.17, 15) is 21.6 Å². The van der Waals surface area contributed by atoms with E-state index in [2.05, 4.69) is 12.2 Å². The van der Waals surface area contributed by atoms with Gasteiger partial charge in [0.1, 0.15) is 0 Å². The van der Waals surface area contributed by atoms with Crippen LogP contribution in [0.15, 0.2) is 29.2 Å². The summed E-state index contributed by atoms with van der Waals surface area (Å²) in [4.78, 5) is -0.725. The maximum absolute atomic E-state index is 12.4. The maximum atomic E-state index is 12.4. The molecule has 0 amide bonds. The molecule has 1 saturated carbocycles. The van der Waals surface area contributed by atoms with Crippen molar-refractivity contribution in [3.63, 3.8) is 0 Å². The molecule has 2 atom stereocenters. The van der Waals surface area contributed by atoms with Crippen LogP contribution in [0.1, 0.15) is 32.6 Å². The van der Waals surface area contributed by atoms with Crippen LogP contribution in [-0.4, -0.2) is 20.0 Å². The van der Waals surface area contributed by atoms with Crippen LogP contribution in [0.25, 0.3) is 0 Å². The molecule has 1 aromatic carbocycles. The van der Waals surface area contributed by atoms with Gasteiger partial charge in [0.05, 0.1) is 4.90 Å². The summed E-state index contributed by atoms with van der Waals surface area (Å²) in [6.45, 7) is 2.14. The number of hydrogen-bond acceptors (Lipinski definition) is 3. The fraction of sp³-hybridized carbons (Fsp3) is 0.571. The quantitative estimate of drug-likeness (QED) is 0.916. The Morgan fingerprint density at radius 1 is 1.10 bits per heavy atom. The van der Waals surface area contributed by atoms with Crippen molar-refractivity contribution < 1.29 is 21.6 Å².